The summed E-state index contributed by atoms with van der Waals surface area (Å²) < 4.78 is 40.6. The molecule has 184 valence electrons. The molecule has 5 rings (SSSR count). The maximum absolute atomic E-state index is 14.7. The van der Waals surface area contributed by atoms with E-state index in [2.05, 4.69) is 4.98 Å². The SMILES string of the molecule is CC(=O)N1CC2(C1)CC1(C2)C(=O)N(c2ncc(Cl)cc2F)CC(=O)N1Cc1ccc(C(F)F)cc1. The summed E-state index contributed by atoms with van der Waals surface area (Å²) >= 11 is 5.80. The Kier molecular flexibility index (Phi) is 5.54. The number of hydrogen-bond acceptors (Lipinski definition) is 4. The van der Waals surface area contributed by atoms with Crippen molar-refractivity contribution in [3.8, 4) is 0 Å². The Labute approximate surface area is 204 Å². The summed E-state index contributed by atoms with van der Waals surface area (Å²) in [6.45, 7) is 2.08. The molecule has 11 heteroatoms. The molecule has 2 saturated heterocycles. The number of pyridine rings is 1. The first-order valence-electron chi connectivity index (χ1n) is 11.1. The lowest BCUT2D eigenvalue weighted by molar-refractivity contribution is -0.191. The molecule has 1 aliphatic carbocycles. The molecule has 0 radical (unpaired) electrons. The van der Waals surface area contributed by atoms with E-state index in [9.17, 15) is 27.6 Å². The van der Waals surface area contributed by atoms with Gasteiger partial charge in [0.15, 0.2) is 11.6 Å². The molecule has 2 aromatic rings. The van der Waals surface area contributed by atoms with Gasteiger partial charge >= 0.3 is 0 Å². The number of carbonyl (C=O) groups excluding carboxylic acids is 3. The van der Waals surface area contributed by atoms with Crippen molar-refractivity contribution in [2.45, 2.75) is 38.3 Å². The summed E-state index contributed by atoms with van der Waals surface area (Å²) in [6, 6.07) is 6.64. The van der Waals surface area contributed by atoms with Crippen molar-refractivity contribution in [3.63, 3.8) is 0 Å². The van der Waals surface area contributed by atoms with Gasteiger partial charge in [0.05, 0.1) is 5.02 Å². The molecule has 2 spiro atoms. The molecule has 0 atom stereocenters. The van der Waals surface area contributed by atoms with Crippen molar-refractivity contribution in [1.82, 2.24) is 14.8 Å². The molecule has 0 bridgehead atoms. The second kappa shape index (κ2) is 8.22. The topological polar surface area (TPSA) is 73.8 Å². The summed E-state index contributed by atoms with van der Waals surface area (Å²) in [5.74, 6) is -2.01. The molecule has 0 unspecified atom stereocenters. The first kappa shape index (κ1) is 23.6. The van der Waals surface area contributed by atoms with Crippen molar-refractivity contribution >= 4 is 35.1 Å². The van der Waals surface area contributed by atoms with Crippen LogP contribution in [0.2, 0.25) is 5.02 Å². The summed E-state index contributed by atoms with van der Waals surface area (Å²) in [6.07, 6.45) is -0.775. The lowest BCUT2D eigenvalue weighted by Gasteiger charge is -2.67. The van der Waals surface area contributed by atoms with E-state index >= 15 is 0 Å². The van der Waals surface area contributed by atoms with Crippen LogP contribution in [0.3, 0.4) is 0 Å². The number of hydrogen-bond donors (Lipinski definition) is 0. The normalized spacial score (nSPS) is 20.5. The van der Waals surface area contributed by atoms with Crippen LogP contribution in [0.15, 0.2) is 36.5 Å². The van der Waals surface area contributed by atoms with E-state index in [1.165, 1.54) is 42.3 Å². The van der Waals surface area contributed by atoms with Crippen molar-refractivity contribution in [2.75, 3.05) is 24.5 Å². The van der Waals surface area contributed by atoms with Gasteiger partial charge in [0, 0.05) is 43.7 Å². The van der Waals surface area contributed by atoms with Gasteiger partial charge in [-0.2, -0.15) is 0 Å². The summed E-state index contributed by atoms with van der Waals surface area (Å²) in [5.41, 5.74) is -1.08. The Morgan fingerprint density at radius 2 is 1.83 bits per heavy atom. The number of nitrogens with zero attached hydrogens (tertiary/aromatic N) is 4. The average Bonchev–Trinajstić information content (AvgIpc) is 2.74. The Hall–Kier alpha value is -3.14. The number of carbonyl (C=O) groups is 3. The van der Waals surface area contributed by atoms with Crippen LogP contribution >= 0.6 is 11.6 Å². The minimum Gasteiger partial charge on any atom is -0.342 e. The van der Waals surface area contributed by atoms with Gasteiger partial charge in [-0.25, -0.2) is 18.2 Å². The fourth-order valence-electron chi connectivity index (χ4n) is 5.61. The molecule has 3 fully saturated rings. The molecule has 1 aromatic carbocycles. The molecule has 3 aliphatic rings. The second-order valence-electron chi connectivity index (χ2n) is 9.63. The molecule has 0 N–H and O–H groups in total. The maximum Gasteiger partial charge on any atom is 0.263 e. The molecule has 35 heavy (non-hydrogen) atoms. The van der Waals surface area contributed by atoms with Crippen molar-refractivity contribution < 1.29 is 27.6 Å². The predicted octanol–water partition coefficient (Wildman–Crippen LogP) is 3.57. The van der Waals surface area contributed by atoms with Crippen LogP contribution < -0.4 is 4.90 Å². The molecule has 1 aromatic heterocycles. The Balaban J connectivity index is 1.46. The highest BCUT2D eigenvalue weighted by atomic mass is 35.5. The van der Waals surface area contributed by atoms with Crippen LogP contribution in [0.4, 0.5) is 19.0 Å². The van der Waals surface area contributed by atoms with Crippen molar-refractivity contribution in [2.24, 2.45) is 5.41 Å². The van der Waals surface area contributed by atoms with Gasteiger partial charge in [-0.05, 0) is 24.5 Å². The number of alkyl halides is 2. The number of amides is 3. The molecule has 1 saturated carbocycles. The number of benzene rings is 1. The van der Waals surface area contributed by atoms with Gasteiger partial charge < -0.3 is 9.80 Å². The van der Waals surface area contributed by atoms with E-state index in [1.54, 1.807) is 4.90 Å². The molecular weight excluding hydrogens is 485 g/mol. The second-order valence-corrected chi connectivity index (χ2v) is 10.1. The van der Waals surface area contributed by atoms with Gasteiger partial charge in [-0.3, -0.25) is 19.3 Å². The van der Waals surface area contributed by atoms with Gasteiger partial charge in [0.1, 0.15) is 12.1 Å². The van der Waals surface area contributed by atoms with Crippen LogP contribution in [0.1, 0.15) is 37.3 Å². The third kappa shape index (κ3) is 3.84. The van der Waals surface area contributed by atoms with Crippen LogP contribution in [0, 0.1) is 11.2 Å². The Bertz CT molecular complexity index is 1210. The summed E-state index contributed by atoms with van der Waals surface area (Å²) in [4.78, 5) is 47.0. The third-order valence-corrected chi connectivity index (χ3v) is 7.41. The van der Waals surface area contributed by atoms with E-state index in [1.807, 2.05) is 0 Å². The first-order chi connectivity index (χ1) is 16.5. The fourth-order valence-corrected chi connectivity index (χ4v) is 5.75. The van der Waals surface area contributed by atoms with E-state index in [-0.39, 0.29) is 34.3 Å². The molecule has 3 heterocycles. The van der Waals surface area contributed by atoms with E-state index in [0.29, 0.717) is 31.5 Å². The predicted molar refractivity (Wildman–Crippen MR) is 120 cm³/mol. The van der Waals surface area contributed by atoms with Crippen LogP contribution in [0.25, 0.3) is 0 Å². The minimum absolute atomic E-state index is 0.0466. The zero-order valence-corrected chi connectivity index (χ0v) is 19.6. The monoisotopic (exact) mass is 506 g/mol. The minimum atomic E-state index is -2.61. The van der Waals surface area contributed by atoms with Gasteiger partial charge in [0.25, 0.3) is 12.3 Å². The Morgan fingerprint density at radius 1 is 1.17 bits per heavy atom. The van der Waals surface area contributed by atoms with E-state index in [4.69, 9.17) is 11.6 Å². The number of halogens is 4. The molecular formula is C24H22ClF3N4O3. The molecule has 3 amide bonds. The van der Waals surface area contributed by atoms with Crippen LogP contribution in [0.5, 0.6) is 0 Å². The maximum atomic E-state index is 14.7. The summed E-state index contributed by atoms with van der Waals surface area (Å²) in [7, 11) is 0. The van der Waals surface area contributed by atoms with Crippen molar-refractivity contribution in [3.05, 3.63) is 58.5 Å². The standard InChI is InChI=1S/C24H22ClF3N4O3/c1-14(33)30-12-23(13-30)10-24(11-23)22(35)31(21-18(26)6-17(25)7-29-21)9-19(34)32(24)8-15-2-4-16(5-3-15)20(27)28/h2-7,20H,8-13H2,1H3. The molecule has 7 nitrogen and oxygen atoms in total. The Morgan fingerprint density at radius 3 is 2.40 bits per heavy atom. The number of anilines is 1. The first-order valence-corrected chi connectivity index (χ1v) is 11.5. The van der Waals surface area contributed by atoms with Gasteiger partial charge in [0.2, 0.25) is 11.8 Å². The van der Waals surface area contributed by atoms with Crippen LogP contribution in [-0.2, 0) is 20.9 Å². The zero-order chi connectivity index (χ0) is 25.1. The molecule has 2 aliphatic heterocycles. The highest BCUT2D eigenvalue weighted by Crippen LogP contribution is 2.58. The van der Waals surface area contributed by atoms with Gasteiger partial charge in [-0.1, -0.05) is 35.9 Å². The largest absolute Gasteiger partial charge is 0.342 e. The quantitative estimate of drug-likeness (QED) is 0.635. The lowest BCUT2D eigenvalue weighted by atomic mass is 9.52. The highest BCUT2D eigenvalue weighted by Gasteiger charge is 2.69. The van der Waals surface area contributed by atoms with E-state index in [0.717, 1.165) is 11.0 Å². The van der Waals surface area contributed by atoms with Gasteiger partial charge in [-0.15, -0.1) is 0 Å². The van der Waals surface area contributed by atoms with Crippen molar-refractivity contribution in [1.29, 1.82) is 0 Å². The third-order valence-electron chi connectivity index (χ3n) is 7.20. The van der Waals surface area contributed by atoms with E-state index < -0.39 is 36.1 Å². The number of piperazine rings is 1. The number of rotatable bonds is 4. The highest BCUT2D eigenvalue weighted by molar-refractivity contribution is 6.30. The van der Waals surface area contributed by atoms with Crippen LogP contribution in [-0.4, -0.2) is 57.7 Å². The number of aromatic nitrogens is 1. The lowest BCUT2D eigenvalue weighted by Crippen LogP contribution is -2.80. The smallest absolute Gasteiger partial charge is 0.263 e. The fraction of sp³-hybridized carbons (Fsp3) is 0.417. The average molecular weight is 507 g/mol. The number of likely N-dealkylation sites (tertiary alicyclic amines) is 1. The summed E-state index contributed by atoms with van der Waals surface area (Å²) in [5, 5.41) is 0.0620. The zero-order valence-electron chi connectivity index (χ0n) is 18.8.